The van der Waals surface area contributed by atoms with Crippen LogP contribution < -0.4 is 0 Å². The first-order valence-corrected chi connectivity index (χ1v) is 3.67. The highest BCUT2D eigenvalue weighted by atomic mass is 13.8. The fraction of sp³-hybridized carbons (Fsp3) is 0.400. The Morgan fingerprint density at radius 1 is 1.50 bits per heavy atom. The molecule has 0 aromatic heterocycles. The number of allylic oxidation sites excluding steroid dienone is 3. The van der Waals surface area contributed by atoms with Gasteiger partial charge in [-0.2, -0.15) is 0 Å². The van der Waals surface area contributed by atoms with Crippen molar-refractivity contribution >= 4 is 0 Å². The largest absolute Gasteiger partial charge is 0.0990 e. The molecule has 54 valence electrons. The molecule has 0 N–H and O–H groups in total. The van der Waals surface area contributed by atoms with Gasteiger partial charge in [0.1, 0.15) is 0 Å². The van der Waals surface area contributed by atoms with Crippen molar-refractivity contribution in [3.63, 3.8) is 0 Å². The zero-order valence-electron chi connectivity index (χ0n) is 6.56. The minimum absolute atomic E-state index is 1.01. The zero-order chi connectivity index (χ0) is 7.66. The summed E-state index contributed by atoms with van der Waals surface area (Å²) in [5.74, 6) is 5.96. The first-order chi connectivity index (χ1) is 4.91. The lowest BCUT2D eigenvalue weighted by Crippen LogP contribution is -1.65. The lowest BCUT2D eigenvalue weighted by molar-refractivity contribution is 0.828. The summed E-state index contributed by atoms with van der Waals surface area (Å²) in [5, 5.41) is 0. The Morgan fingerprint density at radius 3 is 2.90 bits per heavy atom. The van der Waals surface area contributed by atoms with Gasteiger partial charge in [0.2, 0.25) is 0 Å². The van der Waals surface area contributed by atoms with Crippen molar-refractivity contribution in [2.24, 2.45) is 0 Å². The lowest BCUT2D eigenvalue weighted by Gasteiger charge is -1.81. The molecule has 0 aromatic rings. The van der Waals surface area contributed by atoms with Crippen molar-refractivity contribution in [2.75, 3.05) is 0 Å². The average Bonchev–Trinajstić information content (AvgIpc) is 1.97. The summed E-state index contributed by atoms with van der Waals surface area (Å²) < 4.78 is 0. The quantitative estimate of drug-likeness (QED) is 0.316. The molecule has 0 bridgehead atoms. The molecule has 0 unspecified atom stereocenters. The standard InChI is InChI=1S/C10H14/c1-3-5-7-9-10-8-6-4-2/h3,5,7H,1,4,6,8H2,2H3/b7-5+. The van der Waals surface area contributed by atoms with E-state index >= 15 is 0 Å². The molecule has 0 heterocycles. The second-order valence-electron chi connectivity index (χ2n) is 2.02. The van der Waals surface area contributed by atoms with Crippen LogP contribution >= 0.6 is 0 Å². The molecule has 0 aliphatic carbocycles. The molecule has 0 radical (unpaired) electrons. The van der Waals surface area contributed by atoms with Crippen LogP contribution in [-0.2, 0) is 0 Å². The van der Waals surface area contributed by atoms with Gasteiger partial charge >= 0.3 is 0 Å². The Hall–Kier alpha value is -0.960. The van der Waals surface area contributed by atoms with Crippen LogP contribution in [0.15, 0.2) is 24.8 Å². The highest BCUT2D eigenvalue weighted by molar-refractivity contribution is 5.18. The Kier molecular flexibility index (Phi) is 7.27. The highest BCUT2D eigenvalue weighted by Crippen LogP contribution is 1.90. The van der Waals surface area contributed by atoms with Crippen LogP contribution in [0, 0.1) is 11.8 Å². The van der Waals surface area contributed by atoms with E-state index in [1.807, 2.05) is 12.2 Å². The highest BCUT2D eigenvalue weighted by Gasteiger charge is 1.73. The van der Waals surface area contributed by atoms with E-state index in [4.69, 9.17) is 0 Å². The summed E-state index contributed by atoms with van der Waals surface area (Å²) in [6.45, 7) is 5.71. The maximum Gasteiger partial charge on any atom is 0.00921 e. The van der Waals surface area contributed by atoms with Gasteiger partial charge in [0.05, 0.1) is 0 Å². The Bertz CT molecular complexity index is 153. The van der Waals surface area contributed by atoms with Crippen LogP contribution in [0.1, 0.15) is 26.2 Å². The third-order valence-electron chi connectivity index (χ3n) is 1.07. The molecule has 0 atom stereocenters. The predicted octanol–water partition coefficient (Wildman–Crippen LogP) is 2.92. The molecular weight excluding hydrogens is 120 g/mol. The van der Waals surface area contributed by atoms with Gasteiger partial charge in [-0.15, -0.1) is 0 Å². The molecule has 0 heteroatoms. The van der Waals surface area contributed by atoms with E-state index in [0.29, 0.717) is 0 Å². The molecule has 0 saturated carbocycles. The fourth-order valence-electron chi connectivity index (χ4n) is 0.512. The zero-order valence-corrected chi connectivity index (χ0v) is 6.56. The van der Waals surface area contributed by atoms with Crippen LogP contribution in [-0.4, -0.2) is 0 Å². The van der Waals surface area contributed by atoms with Crippen molar-refractivity contribution in [2.45, 2.75) is 26.2 Å². The second kappa shape index (κ2) is 8.04. The van der Waals surface area contributed by atoms with Crippen LogP contribution in [0.5, 0.6) is 0 Å². The fourth-order valence-corrected chi connectivity index (χ4v) is 0.512. The van der Waals surface area contributed by atoms with Crippen molar-refractivity contribution in [1.29, 1.82) is 0 Å². The van der Waals surface area contributed by atoms with Crippen LogP contribution in [0.2, 0.25) is 0 Å². The molecule has 0 nitrogen and oxygen atoms in total. The minimum atomic E-state index is 1.01. The van der Waals surface area contributed by atoms with E-state index < -0.39 is 0 Å². The molecular formula is C10H14. The van der Waals surface area contributed by atoms with Gasteiger partial charge in [0.25, 0.3) is 0 Å². The maximum absolute atomic E-state index is 3.54. The number of hydrogen-bond donors (Lipinski definition) is 0. The molecule has 0 spiro atoms. The maximum atomic E-state index is 3.54. The van der Waals surface area contributed by atoms with Crippen molar-refractivity contribution in [3.8, 4) is 11.8 Å². The van der Waals surface area contributed by atoms with Gasteiger partial charge in [-0.05, 0) is 12.5 Å². The second-order valence-corrected chi connectivity index (χ2v) is 2.02. The third-order valence-corrected chi connectivity index (χ3v) is 1.07. The average molecular weight is 134 g/mol. The predicted molar refractivity (Wildman–Crippen MR) is 46.6 cm³/mol. The number of hydrogen-bond acceptors (Lipinski definition) is 0. The lowest BCUT2D eigenvalue weighted by atomic mass is 10.2. The molecule has 0 saturated heterocycles. The van der Waals surface area contributed by atoms with Gasteiger partial charge in [-0.1, -0.05) is 43.9 Å². The van der Waals surface area contributed by atoms with Gasteiger partial charge in [-0.3, -0.25) is 0 Å². The van der Waals surface area contributed by atoms with Crippen molar-refractivity contribution in [1.82, 2.24) is 0 Å². The molecule has 0 aliphatic heterocycles. The van der Waals surface area contributed by atoms with Gasteiger partial charge in [-0.25, -0.2) is 0 Å². The van der Waals surface area contributed by atoms with E-state index in [0.717, 1.165) is 6.42 Å². The molecule has 0 fully saturated rings. The van der Waals surface area contributed by atoms with E-state index in [1.165, 1.54) is 12.8 Å². The number of unbranched alkanes of at least 4 members (excludes halogenated alkanes) is 2. The Morgan fingerprint density at radius 2 is 2.30 bits per heavy atom. The molecule has 0 aliphatic rings. The van der Waals surface area contributed by atoms with Crippen LogP contribution in [0.25, 0.3) is 0 Å². The summed E-state index contributed by atoms with van der Waals surface area (Å²) in [6.07, 6.45) is 8.84. The SMILES string of the molecule is C=C/C=C/C#CCCCC. The third kappa shape index (κ3) is 7.04. The summed E-state index contributed by atoms with van der Waals surface area (Å²) in [7, 11) is 0. The minimum Gasteiger partial charge on any atom is -0.0990 e. The molecule has 0 aromatic carbocycles. The normalized spacial score (nSPS) is 8.90. The summed E-state index contributed by atoms with van der Waals surface area (Å²) in [5.41, 5.74) is 0. The molecule has 0 rings (SSSR count). The molecule has 10 heavy (non-hydrogen) atoms. The van der Waals surface area contributed by atoms with Gasteiger partial charge in [0, 0.05) is 6.42 Å². The van der Waals surface area contributed by atoms with Gasteiger partial charge in [0.15, 0.2) is 0 Å². The monoisotopic (exact) mass is 134 g/mol. The van der Waals surface area contributed by atoms with E-state index in [-0.39, 0.29) is 0 Å². The van der Waals surface area contributed by atoms with E-state index in [2.05, 4.69) is 25.3 Å². The van der Waals surface area contributed by atoms with E-state index in [9.17, 15) is 0 Å². The number of rotatable bonds is 3. The van der Waals surface area contributed by atoms with E-state index in [1.54, 1.807) is 6.08 Å². The summed E-state index contributed by atoms with van der Waals surface area (Å²) in [6, 6.07) is 0. The topological polar surface area (TPSA) is 0 Å². The Balaban J connectivity index is 3.30. The summed E-state index contributed by atoms with van der Waals surface area (Å²) >= 11 is 0. The van der Waals surface area contributed by atoms with Gasteiger partial charge < -0.3 is 0 Å². The summed E-state index contributed by atoms with van der Waals surface area (Å²) in [4.78, 5) is 0. The van der Waals surface area contributed by atoms with Crippen molar-refractivity contribution < 1.29 is 0 Å². The molecule has 0 amide bonds. The van der Waals surface area contributed by atoms with Crippen LogP contribution in [0.3, 0.4) is 0 Å². The first-order valence-electron chi connectivity index (χ1n) is 3.67. The Labute approximate surface area is 63.6 Å². The van der Waals surface area contributed by atoms with Crippen LogP contribution in [0.4, 0.5) is 0 Å². The van der Waals surface area contributed by atoms with Crippen molar-refractivity contribution in [3.05, 3.63) is 24.8 Å². The smallest absolute Gasteiger partial charge is 0.00921 e. The first kappa shape index (κ1) is 9.04.